The number of amides is 5. The summed E-state index contributed by atoms with van der Waals surface area (Å²) in [7, 11) is 1.85. The summed E-state index contributed by atoms with van der Waals surface area (Å²) < 4.78 is 37.6. The second kappa shape index (κ2) is 18.5. The summed E-state index contributed by atoms with van der Waals surface area (Å²) in [6.45, 7) is 4.46. The standard InChI is InChI=1S/C47H55F2N11O7/c1-55(40(63)6-3-16-50-35-5-2-4-33-41(35)47(66)60(46(33)65)36-11-12-39(62)53-45(36)64)29-13-17-56(18-14-29)23-27-7-9-30(10-8-27)59-24-28(42(54-59)43(48)49)20-37(61)34-22-51-58-19-15-38(52-44(34)58)57-25-32-21-31(57)26-67-32/h2,4-5,15,19,22,24,27,29-32,36,43,50H,3,6-14,16-18,20-21,23,25-26H2,1H3,(H,53,62,64)/t27?,30?,31-,32-,36?/m1/s1. The molecule has 2 N–H and O–H groups in total. The van der Waals surface area contributed by atoms with Gasteiger partial charge in [0.25, 0.3) is 18.2 Å². The largest absolute Gasteiger partial charge is 0.384 e. The Hall–Kier alpha value is -6.15. The van der Waals surface area contributed by atoms with E-state index in [9.17, 15) is 37.5 Å². The van der Waals surface area contributed by atoms with E-state index < -0.39 is 36.1 Å². The smallest absolute Gasteiger partial charge is 0.282 e. The number of benzene rings is 1. The van der Waals surface area contributed by atoms with E-state index in [2.05, 4.69) is 30.6 Å². The fourth-order valence-electron chi connectivity index (χ4n) is 11.1. The Morgan fingerprint density at radius 1 is 1.00 bits per heavy atom. The molecule has 0 radical (unpaired) electrons. The molecule has 18 nitrogen and oxygen atoms in total. The van der Waals surface area contributed by atoms with Gasteiger partial charge in [0, 0.05) is 88.7 Å². The van der Waals surface area contributed by atoms with Gasteiger partial charge in [-0.2, -0.15) is 10.2 Å². The van der Waals surface area contributed by atoms with Crippen LogP contribution in [0.3, 0.4) is 0 Å². The van der Waals surface area contributed by atoms with Crippen LogP contribution in [0.5, 0.6) is 0 Å². The number of hydrogen-bond donors (Lipinski definition) is 2. The maximum absolute atomic E-state index is 14.4. The van der Waals surface area contributed by atoms with Crippen LogP contribution in [0, 0.1) is 5.92 Å². The van der Waals surface area contributed by atoms with Crippen molar-refractivity contribution in [3.8, 4) is 0 Å². The monoisotopic (exact) mass is 923 g/mol. The third kappa shape index (κ3) is 8.80. The fraction of sp³-hybridized carbons (Fsp3) is 0.553. The lowest BCUT2D eigenvalue weighted by Gasteiger charge is -2.39. The lowest BCUT2D eigenvalue weighted by Crippen LogP contribution is -2.54. The number of alkyl halides is 2. The molecule has 20 heteroatoms. The predicted octanol–water partition coefficient (Wildman–Crippen LogP) is 4.21. The molecule has 4 aromatic rings. The summed E-state index contributed by atoms with van der Waals surface area (Å²) in [5, 5.41) is 14.1. The molecule has 3 aromatic heterocycles. The molecule has 0 spiro atoms. The van der Waals surface area contributed by atoms with Crippen LogP contribution in [-0.4, -0.2) is 145 Å². The molecule has 1 saturated carbocycles. The highest BCUT2D eigenvalue weighted by Crippen LogP contribution is 2.37. The molecule has 67 heavy (non-hydrogen) atoms. The van der Waals surface area contributed by atoms with Crippen LogP contribution in [0.1, 0.15) is 125 Å². The molecule has 10 rings (SSSR count). The zero-order valence-corrected chi connectivity index (χ0v) is 37.4. The van der Waals surface area contributed by atoms with Gasteiger partial charge in [0.1, 0.15) is 17.6 Å². The number of ether oxygens (including phenoxy) is 1. The molecule has 1 aromatic carbocycles. The molecule has 1 aliphatic carbocycles. The molecule has 5 amide bonds. The Bertz CT molecular complexity index is 2600. The van der Waals surface area contributed by atoms with Crippen molar-refractivity contribution in [2.75, 3.05) is 56.6 Å². The van der Waals surface area contributed by atoms with Gasteiger partial charge in [-0.05, 0) is 81.9 Å². The summed E-state index contributed by atoms with van der Waals surface area (Å²) in [4.78, 5) is 89.9. The normalized spacial score (nSPS) is 24.6. The van der Waals surface area contributed by atoms with Crippen molar-refractivity contribution in [2.24, 2.45) is 5.92 Å². The quantitative estimate of drug-likeness (QED) is 0.0979. The van der Waals surface area contributed by atoms with E-state index in [1.807, 2.05) is 18.0 Å². The van der Waals surface area contributed by atoms with Crippen molar-refractivity contribution < 1.29 is 42.3 Å². The number of ketones is 1. The van der Waals surface area contributed by atoms with E-state index in [1.165, 1.54) is 6.20 Å². The zero-order valence-electron chi connectivity index (χ0n) is 37.4. The summed E-state index contributed by atoms with van der Waals surface area (Å²) >= 11 is 0. The van der Waals surface area contributed by atoms with Crippen molar-refractivity contribution in [2.45, 2.75) is 114 Å². The van der Waals surface area contributed by atoms with Crippen LogP contribution in [-0.2, 0) is 25.5 Å². The Balaban J connectivity index is 0.663. The Morgan fingerprint density at radius 2 is 1.81 bits per heavy atom. The SMILES string of the molecule is CN(C(=O)CCCNc1cccc2c1C(=O)N(C1CCC(=O)NC1=O)C2=O)C1CCN(CC2CCC(n3cc(CC(=O)c4cnn5ccc(N6C[C@H]7C[C@@H]6CO7)nc45)c(C(F)F)n3)CC2)CC1. The number of Topliss-reactive ketones (excluding diaryl/α,β-unsaturated/α-hetero) is 1. The minimum Gasteiger partial charge on any atom is -0.384 e. The Labute approximate surface area is 385 Å². The van der Waals surface area contributed by atoms with Crippen LogP contribution in [0.25, 0.3) is 5.65 Å². The lowest BCUT2D eigenvalue weighted by atomic mass is 9.85. The van der Waals surface area contributed by atoms with Crippen molar-refractivity contribution in [3.63, 3.8) is 0 Å². The highest BCUT2D eigenvalue weighted by Gasteiger charge is 2.46. The van der Waals surface area contributed by atoms with Crippen molar-refractivity contribution in [1.29, 1.82) is 0 Å². The number of hydrogen-bond acceptors (Lipinski definition) is 13. The second-order valence-corrected chi connectivity index (χ2v) is 18.9. The van der Waals surface area contributed by atoms with Gasteiger partial charge in [0.05, 0.1) is 47.7 Å². The maximum Gasteiger partial charge on any atom is 0.282 e. The van der Waals surface area contributed by atoms with Gasteiger partial charge in [-0.25, -0.2) is 18.3 Å². The number of piperidine rings is 2. The molecular weight excluding hydrogens is 869 g/mol. The molecule has 5 fully saturated rings. The number of carbonyl (C=O) groups is 6. The summed E-state index contributed by atoms with van der Waals surface area (Å²) in [6.07, 6.45) is 9.08. The van der Waals surface area contributed by atoms with Crippen molar-refractivity contribution in [3.05, 3.63) is 70.8 Å². The number of likely N-dealkylation sites (tertiary alicyclic amines) is 1. The number of nitrogens with zero attached hydrogens (tertiary/aromatic N) is 9. The number of morpholine rings is 1. The van der Waals surface area contributed by atoms with Gasteiger partial charge in [-0.1, -0.05) is 6.07 Å². The van der Waals surface area contributed by atoms with E-state index in [0.29, 0.717) is 48.8 Å². The number of halogens is 2. The average Bonchev–Trinajstić information content (AvgIpc) is 4.18. The number of aromatic nitrogens is 5. The van der Waals surface area contributed by atoms with Gasteiger partial charge in [-0.3, -0.25) is 43.7 Å². The molecular formula is C47H55F2N11O7. The number of fused-ring (bicyclic) bond motifs is 4. The van der Waals surface area contributed by atoms with Crippen molar-refractivity contribution >= 4 is 52.5 Å². The number of imide groups is 2. The molecule has 4 saturated heterocycles. The lowest BCUT2D eigenvalue weighted by molar-refractivity contribution is -0.136. The summed E-state index contributed by atoms with van der Waals surface area (Å²) in [5.41, 5.74) is 1.41. The van der Waals surface area contributed by atoms with Crippen molar-refractivity contribution in [1.82, 2.24) is 44.4 Å². The summed E-state index contributed by atoms with van der Waals surface area (Å²) in [6, 6.07) is 6.08. The first-order chi connectivity index (χ1) is 32.4. The molecule has 6 aliphatic rings. The summed E-state index contributed by atoms with van der Waals surface area (Å²) in [5.74, 6) is -1.33. The minimum absolute atomic E-state index is 0.0327. The van der Waals surface area contributed by atoms with E-state index in [0.717, 1.165) is 81.8 Å². The van der Waals surface area contributed by atoms with Gasteiger partial charge in [0.15, 0.2) is 11.4 Å². The highest BCUT2D eigenvalue weighted by molar-refractivity contribution is 6.25. The second-order valence-electron chi connectivity index (χ2n) is 18.9. The third-order valence-corrected chi connectivity index (χ3v) is 14.8. The third-order valence-electron chi connectivity index (χ3n) is 14.8. The molecule has 3 atom stereocenters. The van der Waals surface area contributed by atoms with Crippen LogP contribution >= 0.6 is 0 Å². The zero-order chi connectivity index (χ0) is 46.5. The Kier molecular flexibility index (Phi) is 12.3. The number of nitrogens with one attached hydrogen (secondary N) is 2. The van der Waals surface area contributed by atoms with Gasteiger partial charge < -0.3 is 24.8 Å². The molecule has 5 aliphatic heterocycles. The first kappa shape index (κ1) is 44.7. The van der Waals surface area contributed by atoms with Gasteiger partial charge >= 0.3 is 0 Å². The van der Waals surface area contributed by atoms with Crippen LogP contribution < -0.4 is 15.5 Å². The molecule has 354 valence electrons. The van der Waals surface area contributed by atoms with Crippen LogP contribution in [0.15, 0.2) is 42.9 Å². The van der Waals surface area contributed by atoms with Gasteiger partial charge in [0.2, 0.25) is 17.7 Å². The molecule has 8 heterocycles. The number of carbonyl (C=O) groups excluding carboxylic acids is 6. The van der Waals surface area contributed by atoms with E-state index in [1.54, 1.807) is 39.8 Å². The minimum atomic E-state index is -2.82. The first-order valence-electron chi connectivity index (χ1n) is 23.6. The molecule has 1 unspecified atom stereocenters. The molecule has 2 bridgehead atoms. The van der Waals surface area contributed by atoms with Crippen LogP contribution in [0.4, 0.5) is 20.3 Å². The number of rotatable bonds is 15. The van der Waals surface area contributed by atoms with E-state index >= 15 is 0 Å². The predicted molar refractivity (Wildman–Crippen MR) is 238 cm³/mol. The topological polar surface area (TPSA) is 197 Å². The van der Waals surface area contributed by atoms with Crippen LogP contribution in [0.2, 0.25) is 0 Å². The van der Waals surface area contributed by atoms with E-state index in [4.69, 9.17) is 9.72 Å². The van der Waals surface area contributed by atoms with E-state index in [-0.39, 0.29) is 77.6 Å². The average molecular weight is 924 g/mol. The first-order valence-corrected chi connectivity index (χ1v) is 23.6. The fourth-order valence-corrected chi connectivity index (χ4v) is 11.1. The van der Waals surface area contributed by atoms with Gasteiger partial charge in [-0.15, -0.1) is 0 Å². The maximum atomic E-state index is 14.4. The highest BCUT2D eigenvalue weighted by atomic mass is 19.3. The number of anilines is 2. The Morgan fingerprint density at radius 3 is 2.54 bits per heavy atom.